The average molecular weight is 285 g/mol. The van der Waals surface area contributed by atoms with Gasteiger partial charge in [0.15, 0.2) is 0 Å². The number of carbonyl (C=O) groups excluding carboxylic acids is 1. The van der Waals surface area contributed by atoms with Gasteiger partial charge in [-0.2, -0.15) is 0 Å². The Morgan fingerprint density at radius 2 is 2.05 bits per heavy atom. The van der Waals surface area contributed by atoms with Crippen LogP contribution in [0.25, 0.3) is 0 Å². The van der Waals surface area contributed by atoms with Crippen molar-refractivity contribution in [3.63, 3.8) is 0 Å². The van der Waals surface area contributed by atoms with Gasteiger partial charge in [0, 0.05) is 5.54 Å². The molecule has 1 heterocycles. The summed E-state index contributed by atoms with van der Waals surface area (Å²) in [7, 11) is 0. The van der Waals surface area contributed by atoms with Crippen LogP contribution in [-0.4, -0.2) is 21.4 Å². The highest BCUT2D eigenvalue weighted by Crippen LogP contribution is 2.32. The Labute approximate surface area is 119 Å². The fourth-order valence-electron chi connectivity index (χ4n) is 2.48. The minimum absolute atomic E-state index is 0. The van der Waals surface area contributed by atoms with E-state index in [0.717, 1.165) is 25.7 Å². The number of nitrogens with zero attached hydrogens (tertiary/aromatic N) is 2. The summed E-state index contributed by atoms with van der Waals surface area (Å²) in [5.74, 6) is 0.536. The van der Waals surface area contributed by atoms with Crippen LogP contribution in [0.5, 0.6) is 0 Å². The monoisotopic (exact) mass is 284 g/mol. The number of halogens is 1. The van der Waals surface area contributed by atoms with Gasteiger partial charge in [0.1, 0.15) is 5.82 Å². The second-order valence-electron chi connectivity index (χ2n) is 5.31. The number of nitrogens with one attached hydrogen (secondary N) is 1. The molecule has 2 atom stereocenters. The van der Waals surface area contributed by atoms with Gasteiger partial charge in [-0.1, -0.05) is 12.8 Å². The smallest absolute Gasteiger partial charge is 0.229 e. The second kappa shape index (κ2) is 6.30. The van der Waals surface area contributed by atoms with Gasteiger partial charge in [-0.25, -0.2) is 9.97 Å². The molecule has 1 aliphatic rings. The lowest BCUT2D eigenvalue weighted by Gasteiger charge is -2.37. The zero-order valence-corrected chi connectivity index (χ0v) is 12.2. The van der Waals surface area contributed by atoms with Crippen LogP contribution in [-0.2, 0) is 4.79 Å². The third-order valence-electron chi connectivity index (χ3n) is 3.62. The Morgan fingerprint density at radius 1 is 1.42 bits per heavy atom. The molecule has 5 nitrogen and oxygen atoms in total. The lowest BCUT2D eigenvalue weighted by Crippen LogP contribution is -2.51. The summed E-state index contributed by atoms with van der Waals surface area (Å²) in [4.78, 5) is 20.3. The Kier molecular flexibility index (Phi) is 5.26. The fourth-order valence-corrected chi connectivity index (χ4v) is 2.48. The van der Waals surface area contributed by atoms with Crippen LogP contribution < -0.4 is 11.1 Å². The lowest BCUT2D eigenvalue weighted by molar-refractivity contribution is -0.122. The van der Waals surface area contributed by atoms with E-state index in [4.69, 9.17) is 5.73 Å². The van der Waals surface area contributed by atoms with Crippen LogP contribution in [0.4, 0.5) is 5.69 Å². The number of carbonyl (C=O) groups is 1. The minimum atomic E-state index is -0.409. The molecule has 19 heavy (non-hydrogen) atoms. The van der Waals surface area contributed by atoms with E-state index < -0.39 is 5.54 Å². The van der Waals surface area contributed by atoms with Gasteiger partial charge in [0.05, 0.1) is 24.0 Å². The van der Waals surface area contributed by atoms with Gasteiger partial charge < -0.3 is 11.1 Å². The summed E-state index contributed by atoms with van der Waals surface area (Å²) >= 11 is 0. The number of aromatic nitrogens is 2. The average Bonchev–Trinajstić information content (AvgIpc) is 2.31. The van der Waals surface area contributed by atoms with Crippen LogP contribution in [0.15, 0.2) is 12.4 Å². The van der Waals surface area contributed by atoms with Gasteiger partial charge in [-0.15, -0.1) is 12.4 Å². The van der Waals surface area contributed by atoms with E-state index in [1.54, 1.807) is 12.4 Å². The molecule has 0 aliphatic heterocycles. The summed E-state index contributed by atoms with van der Waals surface area (Å²) in [6, 6.07) is 0. The summed E-state index contributed by atoms with van der Waals surface area (Å²) in [5, 5.41) is 2.85. The molecule has 1 amide bonds. The first kappa shape index (κ1) is 15.9. The van der Waals surface area contributed by atoms with Crippen LogP contribution in [0.3, 0.4) is 0 Å². The third-order valence-corrected chi connectivity index (χ3v) is 3.62. The summed E-state index contributed by atoms with van der Waals surface area (Å²) < 4.78 is 0. The highest BCUT2D eigenvalue weighted by molar-refractivity contribution is 5.93. The van der Waals surface area contributed by atoms with Crippen molar-refractivity contribution in [3.05, 3.63) is 18.2 Å². The first-order chi connectivity index (χ1) is 8.49. The van der Waals surface area contributed by atoms with E-state index in [1.807, 2.05) is 13.8 Å². The van der Waals surface area contributed by atoms with E-state index in [2.05, 4.69) is 15.3 Å². The van der Waals surface area contributed by atoms with E-state index in [0.29, 0.717) is 11.5 Å². The van der Waals surface area contributed by atoms with Crippen molar-refractivity contribution >= 4 is 24.0 Å². The molecule has 106 valence electrons. The topological polar surface area (TPSA) is 80.9 Å². The normalized spacial score (nSPS) is 26.4. The van der Waals surface area contributed by atoms with Crippen molar-refractivity contribution in [1.82, 2.24) is 9.97 Å². The van der Waals surface area contributed by atoms with Crippen molar-refractivity contribution in [1.29, 1.82) is 0 Å². The maximum atomic E-state index is 12.2. The van der Waals surface area contributed by atoms with Crippen LogP contribution in [0, 0.1) is 12.8 Å². The largest absolute Gasteiger partial charge is 0.325 e. The minimum Gasteiger partial charge on any atom is -0.325 e. The van der Waals surface area contributed by atoms with Crippen molar-refractivity contribution < 1.29 is 4.79 Å². The number of rotatable bonds is 2. The van der Waals surface area contributed by atoms with Gasteiger partial charge in [-0.05, 0) is 26.7 Å². The van der Waals surface area contributed by atoms with Gasteiger partial charge in [0.25, 0.3) is 0 Å². The first-order valence-electron chi connectivity index (χ1n) is 6.37. The number of hydrogen-bond donors (Lipinski definition) is 2. The molecule has 1 fully saturated rings. The molecule has 1 saturated carbocycles. The number of anilines is 1. The van der Waals surface area contributed by atoms with E-state index in [1.165, 1.54) is 0 Å². The van der Waals surface area contributed by atoms with Gasteiger partial charge in [0.2, 0.25) is 5.91 Å². The molecule has 0 radical (unpaired) electrons. The van der Waals surface area contributed by atoms with Crippen molar-refractivity contribution in [2.45, 2.75) is 45.1 Å². The molecular formula is C13H21ClN4O. The first-order valence-corrected chi connectivity index (χ1v) is 6.37. The Balaban J connectivity index is 0.00000180. The Morgan fingerprint density at radius 3 is 2.63 bits per heavy atom. The van der Waals surface area contributed by atoms with Crippen molar-refractivity contribution in [2.24, 2.45) is 11.7 Å². The predicted octanol–water partition coefficient (Wildman–Crippen LogP) is 2.05. The molecule has 0 aromatic carbocycles. The molecule has 2 unspecified atom stereocenters. The molecule has 6 heteroatoms. The standard InChI is InChI=1S/C13H20N4O.ClH/c1-9-15-7-10(8-16-9)17-12(18)11-5-3-4-6-13(11,2)14;/h7-8,11H,3-6,14H2,1-2H3,(H,17,18);1H. The van der Waals surface area contributed by atoms with Gasteiger partial charge >= 0.3 is 0 Å². The lowest BCUT2D eigenvalue weighted by atomic mass is 9.74. The van der Waals surface area contributed by atoms with Crippen LogP contribution >= 0.6 is 12.4 Å². The SMILES string of the molecule is Cc1ncc(NC(=O)C2CCCCC2(C)N)cn1.Cl. The van der Waals surface area contributed by atoms with Crippen LogP contribution in [0.2, 0.25) is 0 Å². The quantitative estimate of drug-likeness (QED) is 0.871. The Hall–Kier alpha value is -1.20. The highest BCUT2D eigenvalue weighted by Gasteiger charge is 2.37. The highest BCUT2D eigenvalue weighted by atomic mass is 35.5. The molecule has 1 aromatic heterocycles. The van der Waals surface area contributed by atoms with E-state index >= 15 is 0 Å². The number of nitrogens with two attached hydrogens (primary N) is 1. The second-order valence-corrected chi connectivity index (χ2v) is 5.31. The molecular weight excluding hydrogens is 264 g/mol. The van der Waals surface area contributed by atoms with Crippen LogP contribution in [0.1, 0.15) is 38.4 Å². The molecule has 2 rings (SSSR count). The molecule has 0 spiro atoms. The number of aryl methyl sites for hydroxylation is 1. The molecule has 0 saturated heterocycles. The summed E-state index contributed by atoms with van der Waals surface area (Å²) in [6.45, 7) is 3.77. The zero-order chi connectivity index (χ0) is 13.2. The Bertz CT molecular complexity index is 433. The molecule has 3 N–H and O–H groups in total. The molecule has 0 bridgehead atoms. The van der Waals surface area contributed by atoms with Gasteiger partial charge in [-0.3, -0.25) is 4.79 Å². The number of amides is 1. The predicted molar refractivity (Wildman–Crippen MR) is 77.2 cm³/mol. The maximum absolute atomic E-state index is 12.2. The number of hydrogen-bond acceptors (Lipinski definition) is 4. The maximum Gasteiger partial charge on any atom is 0.229 e. The third kappa shape index (κ3) is 3.88. The summed E-state index contributed by atoms with van der Waals surface area (Å²) in [6.07, 6.45) is 7.16. The van der Waals surface area contributed by atoms with E-state index in [-0.39, 0.29) is 24.2 Å². The van der Waals surface area contributed by atoms with Crippen molar-refractivity contribution in [2.75, 3.05) is 5.32 Å². The fraction of sp³-hybridized carbons (Fsp3) is 0.615. The molecule has 1 aromatic rings. The molecule has 1 aliphatic carbocycles. The summed E-state index contributed by atoms with van der Waals surface area (Å²) in [5.41, 5.74) is 6.43. The van der Waals surface area contributed by atoms with E-state index in [9.17, 15) is 4.79 Å². The zero-order valence-electron chi connectivity index (χ0n) is 11.3. The van der Waals surface area contributed by atoms with Crippen molar-refractivity contribution in [3.8, 4) is 0 Å².